The van der Waals surface area contributed by atoms with Gasteiger partial charge in [-0.05, 0) is 19.1 Å². The van der Waals surface area contributed by atoms with E-state index in [0.29, 0.717) is 37.3 Å². The summed E-state index contributed by atoms with van der Waals surface area (Å²) in [6.45, 7) is 9.44. The minimum atomic E-state index is -3.85. The number of hydrogen-bond acceptors (Lipinski definition) is 12. The smallest absolute Gasteiger partial charge is 0.450 e. The molecule has 2 aliphatic rings. The number of likely N-dealkylation sites (N-methyl/N-ethyl adjacent to an activating group) is 1. The van der Waals surface area contributed by atoms with E-state index < -0.39 is 26.3 Å². The molecule has 2 fully saturated rings. The number of ether oxygens (including phenoxy) is 1. The fourth-order valence-electron chi connectivity index (χ4n) is 4.49. The Morgan fingerprint density at radius 1 is 0.959 bits per heavy atom. The molecule has 49 heavy (non-hydrogen) atoms. The van der Waals surface area contributed by atoms with Gasteiger partial charge in [-0.3, -0.25) is 23.6 Å². The molecular formula is C31H52N6O10S2+2. The number of isocyanates is 1. The third-order valence-electron chi connectivity index (χ3n) is 7.39. The summed E-state index contributed by atoms with van der Waals surface area (Å²) in [5.41, 5.74) is 0.746. The van der Waals surface area contributed by atoms with Crippen LogP contribution >= 0.6 is 0 Å². The van der Waals surface area contributed by atoms with E-state index >= 15 is 0 Å². The molecule has 2 heterocycles. The Labute approximate surface area is 290 Å². The number of carbonyl (C=O) groups is 1. The molecule has 0 unspecified atom stereocenters. The lowest BCUT2D eigenvalue weighted by atomic mass is 10.3. The number of aliphatic hydroxyl groups is 1. The van der Waals surface area contributed by atoms with Crippen molar-refractivity contribution >= 4 is 38.1 Å². The van der Waals surface area contributed by atoms with Crippen LogP contribution in [0.15, 0.2) is 65.8 Å². The quantitative estimate of drug-likeness (QED) is 0.0471. The van der Waals surface area contributed by atoms with Gasteiger partial charge in [0.2, 0.25) is 0 Å². The second kappa shape index (κ2) is 22.3. The summed E-state index contributed by atoms with van der Waals surface area (Å²) in [6.07, 6.45) is 0.856. The SMILES string of the molecule is C.CCOC(=O)Nc1ccccc1.C[N+]1(CO)CCN(CCS(=O)(=O)[O+](N=C=O)c2ccccc2)CC1.O=S(=O)(O)CCN1CCNCC1. The maximum atomic E-state index is 12.5. The predicted octanol–water partition coefficient (Wildman–Crippen LogP) is 1.92. The van der Waals surface area contributed by atoms with Gasteiger partial charge in [0.25, 0.3) is 10.1 Å². The molecule has 1 amide bonds. The van der Waals surface area contributed by atoms with Gasteiger partial charge in [-0.25, -0.2) is 9.59 Å². The number of para-hydroxylation sites is 2. The number of amides is 1. The predicted molar refractivity (Wildman–Crippen MR) is 188 cm³/mol. The number of nitrogens with one attached hydrogen (secondary N) is 2. The van der Waals surface area contributed by atoms with E-state index in [1.54, 1.807) is 41.2 Å². The van der Waals surface area contributed by atoms with Crippen LogP contribution in [-0.2, 0) is 33.7 Å². The maximum absolute atomic E-state index is 12.5. The van der Waals surface area contributed by atoms with Crippen molar-refractivity contribution in [3.05, 3.63) is 60.7 Å². The highest BCUT2D eigenvalue weighted by Gasteiger charge is 2.34. The molecule has 4 rings (SSSR count). The summed E-state index contributed by atoms with van der Waals surface area (Å²) in [6, 6.07) is 17.3. The molecule has 0 aliphatic carbocycles. The highest BCUT2D eigenvalue weighted by molar-refractivity contribution is 7.87. The molecular weight excluding hydrogens is 681 g/mol. The van der Waals surface area contributed by atoms with Crippen LogP contribution in [0, 0.1) is 0 Å². The van der Waals surface area contributed by atoms with Crippen molar-refractivity contribution in [2.75, 3.05) is 103 Å². The van der Waals surface area contributed by atoms with Gasteiger partial charge in [0.15, 0.2) is 11.9 Å². The topological polar surface area (TPSA) is 198 Å². The lowest BCUT2D eigenvalue weighted by Crippen LogP contribution is -2.58. The second-order valence-electron chi connectivity index (χ2n) is 11.1. The summed E-state index contributed by atoms with van der Waals surface area (Å²) >= 11 is 0. The molecule has 276 valence electrons. The molecule has 0 spiro atoms. The summed E-state index contributed by atoms with van der Waals surface area (Å²) in [5.74, 6) is -0.114. The summed E-state index contributed by atoms with van der Waals surface area (Å²) in [4.78, 5) is 25.5. The Balaban J connectivity index is 0.000000404. The van der Waals surface area contributed by atoms with Crippen molar-refractivity contribution in [3.63, 3.8) is 0 Å². The molecule has 2 aromatic carbocycles. The minimum absolute atomic E-state index is 0. The Morgan fingerprint density at radius 2 is 1.49 bits per heavy atom. The van der Waals surface area contributed by atoms with Gasteiger partial charge in [0.1, 0.15) is 5.75 Å². The molecule has 0 radical (unpaired) electrons. The highest BCUT2D eigenvalue weighted by Crippen LogP contribution is 2.28. The van der Waals surface area contributed by atoms with Crippen LogP contribution in [0.4, 0.5) is 10.5 Å². The average molecular weight is 733 g/mol. The van der Waals surface area contributed by atoms with Crippen LogP contribution in [0.1, 0.15) is 14.4 Å². The molecule has 0 aromatic heterocycles. The summed E-state index contributed by atoms with van der Waals surface area (Å²) in [7, 11) is -5.66. The summed E-state index contributed by atoms with van der Waals surface area (Å²) in [5, 5.41) is 18.4. The number of nitrogens with zero attached hydrogens (tertiary/aromatic N) is 4. The van der Waals surface area contributed by atoms with Gasteiger partial charge in [-0.15, -0.1) is 8.42 Å². The number of carbonyl (C=O) groups excluding carboxylic acids is 2. The van der Waals surface area contributed by atoms with Crippen molar-refractivity contribution < 1.29 is 49.2 Å². The number of quaternary nitrogens is 1. The normalized spacial score (nSPS) is 16.2. The van der Waals surface area contributed by atoms with Gasteiger partial charge in [0, 0.05) is 70.2 Å². The average Bonchev–Trinajstić information content (AvgIpc) is 3.08. The zero-order valence-electron chi connectivity index (χ0n) is 27.4. The number of piperazine rings is 2. The lowest BCUT2D eigenvalue weighted by molar-refractivity contribution is -0.931. The van der Waals surface area contributed by atoms with Crippen LogP contribution in [0.5, 0.6) is 5.75 Å². The number of rotatable bonds is 12. The number of benzene rings is 2. The van der Waals surface area contributed by atoms with E-state index in [4.69, 9.17) is 9.29 Å². The molecule has 16 nitrogen and oxygen atoms in total. The monoisotopic (exact) mass is 732 g/mol. The Hall–Kier alpha value is -3.45. The lowest BCUT2D eigenvalue weighted by Gasteiger charge is -2.40. The van der Waals surface area contributed by atoms with Crippen molar-refractivity contribution in [3.8, 4) is 5.75 Å². The zero-order valence-corrected chi connectivity index (χ0v) is 29.1. The first-order valence-electron chi connectivity index (χ1n) is 15.4. The minimum Gasteiger partial charge on any atom is -0.450 e. The molecule has 2 aliphatic heterocycles. The van der Waals surface area contributed by atoms with Crippen molar-refractivity contribution in [2.45, 2.75) is 14.4 Å². The van der Waals surface area contributed by atoms with Crippen LogP contribution in [0.3, 0.4) is 0 Å². The van der Waals surface area contributed by atoms with Crippen molar-refractivity contribution in [2.24, 2.45) is 5.16 Å². The molecule has 0 atom stereocenters. The van der Waals surface area contributed by atoms with E-state index in [1.807, 2.05) is 35.0 Å². The van der Waals surface area contributed by atoms with E-state index in [0.717, 1.165) is 45.0 Å². The fourth-order valence-corrected chi connectivity index (χ4v) is 6.16. The molecule has 0 saturated carbocycles. The molecule has 2 aromatic rings. The van der Waals surface area contributed by atoms with Gasteiger partial charge < -0.3 is 19.6 Å². The Morgan fingerprint density at radius 3 is 2.00 bits per heavy atom. The van der Waals surface area contributed by atoms with E-state index in [1.165, 1.54) is 18.2 Å². The number of aliphatic hydroxyl groups excluding tert-OH is 1. The fraction of sp³-hybridized carbons (Fsp3) is 0.548. The third-order valence-corrected chi connectivity index (χ3v) is 9.52. The summed E-state index contributed by atoms with van der Waals surface area (Å²) < 4.78 is 61.2. The standard InChI is InChI=1S/C15H23N3O5S.C9H11NO2.C6H14N2O3S.CH4/c1-18(14-20)10-7-17(8-11-18)9-12-24(21,22)23(16-13-19)15-5-3-2-4-6-15;1-2-12-9(11)10-8-6-4-3-5-7-8;9-12(10,11)6-5-8-3-1-7-2-4-8;/h2-6,20H,7-12,14H2,1H3;3-7H,2H2,1H3,(H,10,11);7H,1-6H2,(H,9,10,11);1H4/q+2;;;. The van der Waals surface area contributed by atoms with Gasteiger partial charge in [-0.1, -0.05) is 43.8 Å². The molecule has 2 saturated heterocycles. The highest BCUT2D eigenvalue weighted by atomic mass is 32.2. The third kappa shape index (κ3) is 17.7. The molecule has 18 heteroatoms. The molecule has 4 N–H and O–H groups in total. The van der Waals surface area contributed by atoms with Crippen LogP contribution in [0.25, 0.3) is 0 Å². The second-order valence-corrected chi connectivity index (χ2v) is 14.6. The first-order valence-corrected chi connectivity index (χ1v) is 18.6. The first kappa shape index (κ1) is 43.6. The first-order chi connectivity index (χ1) is 22.8. The van der Waals surface area contributed by atoms with E-state index in [2.05, 4.69) is 15.8 Å². The Bertz CT molecular complexity index is 1480. The zero-order chi connectivity index (χ0) is 35.5. The number of hydrogen-bond donors (Lipinski definition) is 4. The van der Waals surface area contributed by atoms with E-state index in [-0.39, 0.29) is 31.4 Å². The number of anilines is 1. The van der Waals surface area contributed by atoms with Gasteiger partial charge in [-0.2, -0.15) is 8.42 Å². The molecule has 0 bridgehead atoms. The van der Waals surface area contributed by atoms with Crippen molar-refractivity contribution in [1.82, 2.24) is 15.1 Å². The van der Waals surface area contributed by atoms with E-state index in [9.17, 15) is 31.5 Å². The van der Waals surface area contributed by atoms with Crippen molar-refractivity contribution in [1.29, 1.82) is 0 Å². The Kier molecular flexibility index (Phi) is 19.8. The van der Waals surface area contributed by atoms with Gasteiger partial charge >= 0.3 is 28.0 Å². The van der Waals surface area contributed by atoms with Gasteiger partial charge in [0.05, 0.1) is 32.5 Å². The van der Waals surface area contributed by atoms with Crippen LogP contribution in [-0.4, -0.2) is 150 Å². The van der Waals surface area contributed by atoms with Crippen LogP contribution < -0.4 is 10.6 Å². The maximum Gasteiger partial charge on any atom is 0.451 e. The largest absolute Gasteiger partial charge is 0.451 e. The van der Waals surface area contributed by atoms with Crippen LogP contribution in [0.2, 0.25) is 0 Å².